The molecule has 0 aliphatic carbocycles. The average Bonchev–Trinajstić information content (AvgIpc) is 2.93. The van der Waals surface area contributed by atoms with Crippen molar-refractivity contribution in [3.63, 3.8) is 0 Å². The Morgan fingerprint density at radius 1 is 1.50 bits per heavy atom. The minimum absolute atomic E-state index is 0.0677. The molecule has 1 aliphatic heterocycles. The van der Waals surface area contributed by atoms with E-state index in [0.29, 0.717) is 12.8 Å². The third kappa shape index (κ3) is 3.03. The first-order valence-electron chi connectivity index (χ1n) is 5.76. The van der Waals surface area contributed by atoms with Crippen LogP contribution in [0.2, 0.25) is 0 Å². The van der Waals surface area contributed by atoms with Gasteiger partial charge in [0.05, 0.1) is 11.0 Å². The Morgan fingerprint density at radius 3 is 2.75 bits per heavy atom. The van der Waals surface area contributed by atoms with E-state index in [0.717, 1.165) is 11.3 Å². The maximum atomic E-state index is 12.0. The highest BCUT2D eigenvalue weighted by Gasteiger charge is 2.33. The number of sulfone groups is 1. The molecule has 0 aromatic carbocycles. The summed E-state index contributed by atoms with van der Waals surface area (Å²) in [6.45, 7) is -0.223. The van der Waals surface area contributed by atoms with Crippen LogP contribution in [0.1, 0.15) is 22.5 Å². The highest BCUT2D eigenvalue weighted by molar-refractivity contribution is 7.92. The van der Waals surface area contributed by atoms with Crippen molar-refractivity contribution in [3.05, 3.63) is 16.3 Å². The Hall–Kier alpha value is -0.970. The molecule has 0 spiro atoms. The van der Waals surface area contributed by atoms with E-state index in [1.807, 2.05) is 0 Å². The molecule has 0 radical (unpaired) electrons. The fraction of sp³-hybridized carbons (Fsp3) is 0.500. The standard InChI is InChI=1S/C10H13NO6S3/c12-10(13)9-8(3-4-18-9)20(16,17)11-6-7-2-1-5-19(7,14)15/h3-4,7,11H,1-2,5-6H2,(H,12,13). The minimum Gasteiger partial charge on any atom is -0.477 e. The smallest absolute Gasteiger partial charge is 0.347 e. The summed E-state index contributed by atoms with van der Waals surface area (Å²) in [7, 11) is -7.26. The van der Waals surface area contributed by atoms with Crippen molar-refractivity contribution in [2.45, 2.75) is 23.0 Å². The number of nitrogens with one attached hydrogen (secondary N) is 1. The van der Waals surface area contributed by atoms with Gasteiger partial charge in [-0.3, -0.25) is 0 Å². The van der Waals surface area contributed by atoms with E-state index < -0.39 is 31.1 Å². The van der Waals surface area contributed by atoms with Crippen molar-refractivity contribution in [1.29, 1.82) is 0 Å². The molecular weight excluding hydrogens is 326 g/mol. The van der Waals surface area contributed by atoms with E-state index in [1.54, 1.807) is 0 Å². The van der Waals surface area contributed by atoms with Crippen molar-refractivity contribution < 1.29 is 26.7 Å². The van der Waals surface area contributed by atoms with E-state index in [-0.39, 0.29) is 22.1 Å². The van der Waals surface area contributed by atoms with E-state index >= 15 is 0 Å². The van der Waals surface area contributed by atoms with Crippen molar-refractivity contribution >= 4 is 37.2 Å². The fourth-order valence-corrected chi connectivity index (χ4v) is 6.24. The molecule has 1 unspecified atom stereocenters. The third-order valence-corrected chi connectivity index (χ3v) is 7.85. The Kier molecular flexibility index (Phi) is 4.19. The number of thiophene rings is 1. The van der Waals surface area contributed by atoms with Gasteiger partial charge in [0.2, 0.25) is 10.0 Å². The number of carboxylic acids is 1. The Balaban J connectivity index is 2.16. The van der Waals surface area contributed by atoms with Gasteiger partial charge in [-0.1, -0.05) is 0 Å². The molecule has 1 aromatic heterocycles. The van der Waals surface area contributed by atoms with Crippen LogP contribution in [0.4, 0.5) is 0 Å². The number of hydrogen-bond acceptors (Lipinski definition) is 6. The van der Waals surface area contributed by atoms with Crippen LogP contribution in [-0.4, -0.2) is 45.5 Å². The van der Waals surface area contributed by atoms with Crippen molar-refractivity contribution in [3.8, 4) is 0 Å². The molecule has 20 heavy (non-hydrogen) atoms. The van der Waals surface area contributed by atoms with E-state index in [9.17, 15) is 21.6 Å². The highest BCUT2D eigenvalue weighted by atomic mass is 32.2. The lowest BCUT2D eigenvalue weighted by Gasteiger charge is -2.11. The molecule has 10 heteroatoms. The second kappa shape index (κ2) is 5.43. The molecule has 0 amide bonds. The van der Waals surface area contributed by atoms with Gasteiger partial charge in [-0.25, -0.2) is 26.4 Å². The zero-order valence-corrected chi connectivity index (χ0v) is 12.7. The number of hydrogen-bond donors (Lipinski definition) is 2. The van der Waals surface area contributed by atoms with Crippen LogP contribution >= 0.6 is 11.3 Å². The number of carboxylic acid groups (broad SMARTS) is 1. The van der Waals surface area contributed by atoms with Gasteiger partial charge >= 0.3 is 5.97 Å². The zero-order chi connectivity index (χ0) is 15.0. The number of carbonyl (C=O) groups is 1. The molecular formula is C10H13NO6S3. The maximum absolute atomic E-state index is 12.0. The van der Waals surface area contributed by atoms with Gasteiger partial charge in [0.15, 0.2) is 9.84 Å². The first-order chi connectivity index (χ1) is 9.24. The summed E-state index contributed by atoms with van der Waals surface area (Å²) in [6, 6.07) is 1.19. The van der Waals surface area contributed by atoms with Crippen molar-refractivity contribution in [1.82, 2.24) is 4.72 Å². The van der Waals surface area contributed by atoms with E-state index in [2.05, 4.69) is 4.72 Å². The van der Waals surface area contributed by atoms with Gasteiger partial charge in [0, 0.05) is 6.54 Å². The van der Waals surface area contributed by atoms with Crippen LogP contribution in [-0.2, 0) is 19.9 Å². The molecule has 1 fully saturated rings. The summed E-state index contributed by atoms with van der Waals surface area (Å²) in [5, 5.41) is 9.54. The normalized spacial score (nSPS) is 21.9. The molecule has 1 aromatic rings. The summed E-state index contributed by atoms with van der Waals surface area (Å²) in [4.78, 5) is 10.3. The molecule has 112 valence electrons. The fourth-order valence-electron chi connectivity index (χ4n) is 2.03. The van der Waals surface area contributed by atoms with Gasteiger partial charge in [-0.2, -0.15) is 0 Å². The molecule has 2 heterocycles. The summed E-state index contributed by atoms with van der Waals surface area (Å²) in [5.74, 6) is -1.26. The van der Waals surface area contributed by atoms with Gasteiger partial charge < -0.3 is 5.11 Å². The first kappa shape index (κ1) is 15.4. The lowest BCUT2D eigenvalue weighted by molar-refractivity contribution is 0.0698. The van der Waals surface area contributed by atoms with E-state index in [4.69, 9.17) is 5.11 Å². The molecule has 0 bridgehead atoms. The van der Waals surface area contributed by atoms with E-state index in [1.165, 1.54) is 11.4 Å². The zero-order valence-electron chi connectivity index (χ0n) is 10.3. The van der Waals surface area contributed by atoms with Crippen molar-refractivity contribution in [2.75, 3.05) is 12.3 Å². The van der Waals surface area contributed by atoms with Gasteiger partial charge in [0.1, 0.15) is 9.77 Å². The summed E-state index contributed by atoms with van der Waals surface area (Å²) in [6.07, 6.45) is 0.938. The Morgan fingerprint density at radius 2 is 2.20 bits per heavy atom. The van der Waals surface area contributed by atoms with Crippen LogP contribution in [0.5, 0.6) is 0 Å². The molecule has 1 aliphatic rings. The summed E-state index contributed by atoms with van der Waals surface area (Å²) >= 11 is 0.805. The van der Waals surface area contributed by atoms with Crippen LogP contribution in [0.15, 0.2) is 16.3 Å². The molecule has 1 atom stereocenters. The molecule has 2 N–H and O–H groups in total. The minimum atomic E-state index is -4.02. The summed E-state index contributed by atoms with van der Waals surface area (Å²) < 4.78 is 49.5. The lowest BCUT2D eigenvalue weighted by Crippen LogP contribution is -2.34. The van der Waals surface area contributed by atoms with Crippen molar-refractivity contribution in [2.24, 2.45) is 0 Å². The quantitative estimate of drug-likeness (QED) is 0.797. The number of sulfonamides is 1. The third-order valence-electron chi connectivity index (χ3n) is 3.08. The monoisotopic (exact) mass is 339 g/mol. The van der Waals surface area contributed by atoms with Crippen LogP contribution in [0, 0.1) is 0 Å². The van der Waals surface area contributed by atoms with Gasteiger partial charge in [-0.05, 0) is 24.3 Å². The predicted molar refractivity (Wildman–Crippen MR) is 73.3 cm³/mol. The Labute approximate surface area is 120 Å². The second-order valence-corrected chi connectivity index (χ2v) is 9.45. The number of rotatable bonds is 5. The molecule has 1 saturated heterocycles. The second-order valence-electron chi connectivity index (χ2n) is 4.40. The topological polar surface area (TPSA) is 118 Å². The largest absolute Gasteiger partial charge is 0.477 e. The van der Waals surface area contributed by atoms with Gasteiger partial charge in [0.25, 0.3) is 0 Å². The van der Waals surface area contributed by atoms with Crippen LogP contribution < -0.4 is 4.72 Å². The SMILES string of the molecule is O=C(O)c1sccc1S(=O)(=O)NCC1CCCS1(=O)=O. The summed E-state index contributed by atoms with van der Waals surface area (Å²) in [5.41, 5.74) is 0. The predicted octanol–water partition coefficient (Wildman–Crippen LogP) is 0.302. The average molecular weight is 339 g/mol. The first-order valence-corrected chi connectivity index (χ1v) is 9.84. The Bertz CT molecular complexity index is 718. The number of aromatic carboxylic acids is 1. The molecule has 0 saturated carbocycles. The molecule has 2 rings (SSSR count). The van der Waals surface area contributed by atoms with Crippen LogP contribution in [0.25, 0.3) is 0 Å². The maximum Gasteiger partial charge on any atom is 0.347 e. The highest BCUT2D eigenvalue weighted by Crippen LogP contribution is 2.23. The molecule has 7 nitrogen and oxygen atoms in total. The van der Waals surface area contributed by atoms with Crippen LogP contribution in [0.3, 0.4) is 0 Å². The van der Waals surface area contributed by atoms with Gasteiger partial charge in [-0.15, -0.1) is 11.3 Å². The lowest BCUT2D eigenvalue weighted by atomic mass is 10.2.